The zero-order valence-corrected chi connectivity index (χ0v) is 17.8. The van der Waals surface area contributed by atoms with Crippen LogP contribution in [0.1, 0.15) is 30.5 Å². The summed E-state index contributed by atoms with van der Waals surface area (Å²) < 4.78 is 17.8. The Kier molecular flexibility index (Phi) is 6.46. The highest BCUT2D eigenvalue weighted by molar-refractivity contribution is 5.82. The Morgan fingerprint density at radius 1 is 1.25 bits per heavy atom. The molecule has 2 aliphatic heterocycles. The van der Waals surface area contributed by atoms with E-state index >= 15 is 0 Å². The van der Waals surface area contributed by atoms with Gasteiger partial charge in [-0.1, -0.05) is 30.3 Å². The van der Waals surface area contributed by atoms with E-state index in [1.807, 2.05) is 36.5 Å². The molecular weight excluding hydrogens is 410 g/mol. The largest absolute Gasteiger partial charge is 0.479 e. The highest BCUT2D eigenvalue weighted by atomic mass is 16.7. The van der Waals surface area contributed by atoms with E-state index in [1.54, 1.807) is 25.1 Å². The molecule has 3 unspecified atom stereocenters. The lowest BCUT2D eigenvalue weighted by Crippen LogP contribution is -2.63. The normalized spacial score (nSPS) is 25.8. The molecule has 0 saturated carbocycles. The Morgan fingerprint density at radius 2 is 2.00 bits per heavy atom. The van der Waals surface area contributed by atoms with Gasteiger partial charge in [-0.3, -0.25) is 5.32 Å². The van der Waals surface area contributed by atoms with Crippen molar-refractivity contribution in [3.8, 4) is 11.9 Å². The minimum absolute atomic E-state index is 0.225. The molecule has 3 atom stereocenters. The van der Waals surface area contributed by atoms with Crippen LogP contribution in [0.3, 0.4) is 0 Å². The number of nitrogens with zero attached hydrogens (tertiary/aromatic N) is 2. The number of benzene rings is 2. The number of rotatable bonds is 4. The predicted molar refractivity (Wildman–Crippen MR) is 118 cm³/mol. The zero-order valence-electron chi connectivity index (χ0n) is 17.8. The number of nitrogens with two attached hydrogens (primary N) is 1. The molecule has 0 amide bonds. The van der Waals surface area contributed by atoms with Gasteiger partial charge in [-0.2, -0.15) is 5.26 Å². The van der Waals surface area contributed by atoms with E-state index in [1.165, 1.54) is 0 Å². The first kappa shape index (κ1) is 21.9. The van der Waals surface area contributed by atoms with Gasteiger partial charge in [0.1, 0.15) is 11.9 Å². The van der Waals surface area contributed by atoms with Gasteiger partial charge in [-0.15, -0.1) is 0 Å². The van der Waals surface area contributed by atoms with Gasteiger partial charge in [-0.25, -0.2) is 4.99 Å². The molecule has 5 N–H and O–H groups in total. The minimum Gasteiger partial charge on any atom is -0.479 e. The standard InChI is InChI=1S/C23H27N5O4/c1-23(21-30-10-5-11-31-21)20(29)19(17-12-16(25)8-9-18(17)32-23)28-22(27-14-24)26-13-15-6-3-2-4-7-15/h2-4,6-9,12,19-21,29H,5,10-11,13,25H2,1H3,(H2,26,27,28). The molecule has 0 aromatic heterocycles. The van der Waals surface area contributed by atoms with Crippen LogP contribution in [-0.2, 0) is 16.0 Å². The van der Waals surface area contributed by atoms with Crippen molar-refractivity contribution in [2.45, 2.75) is 43.9 Å². The third kappa shape index (κ3) is 4.48. The van der Waals surface area contributed by atoms with Crippen LogP contribution in [0.5, 0.6) is 5.75 Å². The summed E-state index contributed by atoms with van der Waals surface area (Å²) in [6.07, 6.45) is 0.826. The van der Waals surface area contributed by atoms with Crippen molar-refractivity contribution in [1.29, 1.82) is 5.26 Å². The molecule has 1 fully saturated rings. The average Bonchev–Trinajstić information content (AvgIpc) is 2.82. The summed E-state index contributed by atoms with van der Waals surface area (Å²) in [5.41, 5.74) is 6.97. The van der Waals surface area contributed by atoms with E-state index in [-0.39, 0.29) is 5.96 Å². The number of hydrogen-bond donors (Lipinski definition) is 4. The van der Waals surface area contributed by atoms with Crippen molar-refractivity contribution in [3.05, 3.63) is 59.7 Å². The lowest BCUT2D eigenvalue weighted by atomic mass is 9.84. The molecule has 9 heteroatoms. The predicted octanol–water partition coefficient (Wildman–Crippen LogP) is 1.80. The van der Waals surface area contributed by atoms with E-state index in [0.29, 0.717) is 36.8 Å². The van der Waals surface area contributed by atoms with Gasteiger partial charge in [0.05, 0.1) is 25.8 Å². The summed E-state index contributed by atoms with van der Waals surface area (Å²) >= 11 is 0. The van der Waals surface area contributed by atoms with Gasteiger partial charge in [-0.05, 0) is 37.1 Å². The van der Waals surface area contributed by atoms with Crippen molar-refractivity contribution >= 4 is 11.6 Å². The van der Waals surface area contributed by atoms with Crippen LogP contribution in [0.25, 0.3) is 0 Å². The smallest absolute Gasteiger partial charge is 0.205 e. The Bertz CT molecular complexity index is 1000. The van der Waals surface area contributed by atoms with E-state index in [0.717, 1.165) is 12.0 Å². The van der Waals surface area contributed by atoms with Gasteiger partial charge in [0, 0.05) is 11.3 Å². The van der Waals surface area contributed by atoms with Crippen LogP contribution in [0.2, 0.25) is 0 Å². The quantitative estimate of drug-likeness (QED) is 0.187. The fraction of sp³-hybridized carbons (Fsp3) is 0.391. The van der Waals surface area contributed by atoms with Crippen molar-refractivity contribution in [2.24, 2.45) is 4.99 Å². The molecule has 2 aromatic carbocycles. The van der Waals surface area contributed by atoms with Crippen molar-refractivity contribution < 1.29 is 19.3 Å². The highest BCUT2D eigenvalue weighted by Gasteiger charge is 2.53. The number of ether oxygens (including phenoxy) is 3. The van der Waals surface area contributed by atoms with Crippen molar-refractivity contribution in [1.82, 2.24) is 10.6 Å². The summed E-state index contributed by atoms with van der Waals surface area (Å²) in [5, 5.41) is 26.4. The molecule has 0 spiro atoms. The number of aliphatic imine (C=N–C) groups is 1. The summed E-state index contributed by atoms with van der Waals surface area (Å²) in [7, 11) is 0. The maximum absolute atomic E-state index is 11.4. The molecule has 2 aliphatic rings. The van der Waals surface area contributed by atoms with Gasteiger partial charge < -0.3 is 30.4 Å². The van der Waals surface area contributed by atoms with Gasteiger partial charge in [0.25, 0.3) is 0 Å². The van der Waals surface area contributed by atoms with Crippen LogP contribution < -0.4 is 21.1 Å². The topological polar surface area (TPSA) is 134 Å². The van der Waals surface area contributed by atoms with Crippen molar-refractivity contribution in [3.63, 3.8) is 0 Å². The molecular formula is C23H27N5O4. The Hall–Kier alpha value is -3.32. The summed E-state index contributed by atoms with van der Waals surface area (Å²) in [4.78, 5) is 4.49. The number of anilines is 1. The van der Waals surface area contributed by atoms with E-state index in [9.17, 15) is 10.4 Å². The SMILES string of the molecule is CC1(C2OCCCO2)Oc2ccc(N)cc2C(NC(=NCc2ccccc2)NC#N)C1O. The average molecular weight is 438 g/mol. The Labute approximate surface area is 186 Å². The fourth-order valence-corrected chi connectivity index (χ4v) is 3.94. The molecule has 1 saturated heterocycles. The number of nitrogens with one attached hydrogen (secondary N) is 2. The number of aliphatic hydroxyl groups is 1. The number of hydrogen-bond acceptors (Lipinski definition) is 7. The maximum Gasteiger partial charge on any atom is 0.205 e. The summed E-state index contributed by atoms with van der Waals surface area (Å²) in [6.45, 7) is 3.14. The number of guanidine groups is 1. The molecule has 32 heavy (non-hydrogen) atoms. The first-order chi connectivity index (χ1) is 15.5. The second kappa shape index (κ2) is 9.44. The number of fused-ring (bicyclic) bond motifs is 1. The fourth-order valence-electron chi connectivity index (χ4n) is 3.94. The Morgan fingerprint density at radius 3 is 2.72 bits per heavy atom. The molecule has 2 heterocycles. The summed E-state index contributed by atoms with van der Waals surface area (Å²) in [5.74, 6) is 0.769. The van der Waals surface area contributed by atoms with Gasteiger partial charge in [0.15, 0.2) is 18.1 Å². The first-order valence-corrected chi connectivity index (χ1v) is 10.5. The second-order valence-corrected chi connectivity index (χ2v) is 7.96. The van der Waals surface area contributed by atoms with Crippen molar-refractivity contribution in [2.75, 3.05) is 18.9 Å². The highest BCUT2D eigenvalue weighted by Crippen LogP contribution is 2.43. The minimum atomic E-state index is -1.20. The first-order valence-electron chi connectivity index (χ1n) is 10.5. The second-order valence-electron chi connectivity index (χ2n) is 7.96. The van der Waals surface area contributed by atoms with E-state index in [2.05, 4.69) is 15.6 Å². The third-order valence-electron chi connectivity index (χ3n) is 5.63. The van der Waals surface area contributed by atoms with Gasteiger partial charge in [0.2, 0.25) is 5.96 Å². The molecule has 0 aliphatic carbocycles. The Balaban J connectivity index is 1.66. The van der Waals surface area contributed by atoms with Gasteiger partial charge >= 0.3 is 0 Å². The van der Waals surface area contributed by atoms with Crippen LogP contribution in [0.15, 0.2) is 53.5 Å². The third-order valence-corrected chi connectivity index (χ3v) is 5.63. The lowest BCUT2D eigenvalue weighted by molar-refractivity contribution is -0.276. The number of nitriles is 1. The van der Waals surface area contributed by atoms with Crippen LogP contribution >= 0.6 is 0 Å². The number of aliphatic hydroxyl groups excluding tert-OH is 1. The maximum atomic E-state index is 11.4. The summed E-state index contributed by atoms with van der Waals surface area (Å²) in [6, 6.07) is 14.2. The monoisotopic (exact) mass is 437 g/mol. The molecule has 9 nitrogen and oxygen atoms in total. The van der Waals surface area contributed by atoms with Crippen LogP contribution in [-0.4, -0.2) is 42.3 Å². The molecule has 168 valence electrons. The zero-order chi connectivity index (χ0) is 22.6. The van der Waals surface area contributed by atoms with Crippen LogP contribution in [0.4, 0.5) is 5.69 Å². The van der Waals surface area contributed by atoms with Crippen LogP contribution in [0, 0.1) is 11.5 Å². The lowest BCUT2D eigenvalue weighted by Gasteiger charge is -2.48. The molecule has 0 bridgehead atoms. The molecule has 4 rings (SSSR count). The molecule has 2 aromatic rings. The van der Waals surface area contributed by atoms with E-state index < -0.39 is 24.0 Å². The van der Waals surface area contributed by atoms with E-state index in [4.69, 9.17) is 19.9 Å². The molecule has 0 radical (unpaired) electrons. The number of nitrogen functional groups attached to an aromatic ring is 1.